The monoisotopic (exact) mass is 368 g/mol. The molecule has 0 saturated heterocycles. The molecule has 0 saturated carbocycles. The number of halogens is 1. The van der Waals surface area contributed by atoms with Gasteiger partial charge < -0.3 is 5.73 Å². The number of nitrogens with zero attached hydrogens (tertiary/aromatic N) is 3. The fraction of sp³-hybridized carbons (Fsp3) is 0. The first-order valence-electron chi connectivity index (χ1n) is 7.67. The Morgan fingerprint density at radius 1 is 1.00 bits per heavy atom. The molecule has 0 unspecified atom stereocenters. The molecule has 2 heterocycles. The lowest BCUT2D eigenvalue weighted by Crippen LogP contribution is -2.11. The van der Waals surface area contributed by atoms with Gasteiger partial charge in [0, 0.05) is 17.1 Å². The number of nitrogens with two attached hydrogens (primary N) is 1. The van der Waals surface area contributed by atoms with Gasteiger partial charge in [-0.05, 0) is 18.2 Å². The molecular weight excluding hydrogens is 355 g/mol. The van der Waals surface area contributed by atoms with Gasteiger partial charge in [-0.25, -0.2) is 26.7 Å². The number of aromatic nitrogens is 3. The van der Waals surface area contributed by atoms with E-state index in [9.17, 15) is 12.8 Å². The number of hydrogen-bond acceptors (Lipinski definition) is 5. The number of para-hydroxylation sites is 1. The molecule has 26 heavy (non-hydrogen) atoms. The fourth-order valence-corrected chi connectivity index (χ4v) is 4.20. The first-order chi connectivity index (χ1) is 12.5. The normalized spacial score (nSPS) is 11.7. The second-order valence-corrected chi connectivity index (χ2v) is 7.41. The van der Waals surface area contributed by atoms with Crippen molar-refractivity contribution in [3.05, 3.63) is 72.8 Å². The van der Waals surface area contributed by atoms with Crippen molar-refractivity contribution in [2.24, 2.45) is 0 Å². The predicted molar refractivity (Wildman–Crippen MR) is 96.4 cm³/mol. The molecule has 0 atom stereocenters. The van der Waals surface area contributed by atoms with Gasteiger partial charge in [0.2, 0.25) is 5.95 Å². The minimum absolute atomic E-state index is 0.0456. The number of anilines is 1. The minimum atomic E-state index is -3.86. The van der Waals surface area contributed by atoms with E-state index < -0.39 is 15.8 Å². The Bertz CT molecular complexity index is 1220. The van der Waals surface area contributed by atoms with Gasteiger partial charge in [0.15, 0.2) is 5.82 Å². The zero-order valence-electron chi connectivity index (χ0n) is 13.4. The second kappa shape index (κ2) is 5.92. The van der Waals surface area contributed by atoms with Gasteiger partial charge in [-0.15, -0.1) is 0 Å². The zero-order chi connectivity index (χ0) is 18.3. The van der Waals surface area contributed by atoms with Crippen LogP contribution in [0, 0.1) is 5.82 Å². The summed E-state index contributed by atoms with van der Waals surface area (Å²) in [7, 11) is -3.86. The van der Waals surface area contributed by atoms with Gasteiger partial charge in [-0.3, -0.25) is 0 Å². The topological polar surface area (TPSA) is 90.9 Å². The molecule has 0 fully saturated rings. The van der Waals surface area contributed by atoms with Crippen LogP contribution in [0.5, 0.6) is 0 Å². The van der Waals surface area contributed by atoms with E-state index >= 15 is 0 Å². The van der Waals surface area contributed by atoms with Crippen LogP contribution in [0.1, 0.15) is 0 Å². The van der Waals surface area contributed by atoms with Crippen molar-refractivity contribution in [2.45, 2.75) is 4.90 Å². The summed E-state index contributed by atoms with van der Waals surface area (Å²) in [4.78, 5) is 7.69. The summed E-state index contributed by atoms with van der Waals surface area (Å²) in [6.07, 6.45) is 2.33. The molecule has 0 spiro atoms. The molecule has 2 N–H and O–H groups in total. The summed E-state index contributed by atoms with van der Waals surface area (Å²) < 4.78 is 41.5. The van der Waals surface area contributed by atoms with Crippen LogP contribution in [0.15, 0.2) is 71.9 Å². The summed E-state index contributed by atoms with van der Waals surface area (Å²) in [5, 5.41) is 0.545. The summed E-state index contributed by atoms with van der Waals surface area (Å²) in [6.45, 7) is 0. The maximum absolute atomic E-state index is 14.3. The van der Waals surface area contributed by atoms with E-state index in [-0.39, 0.29) is 16.5 Å². The van der Waals surface area contributed by atoms with Crippen molar-refractivity contribution >= 4 is 26.9 Å². The summed E-state index contributed by atoms with van der Waals surface area (Å²) in [6, 6.07) is 14.9. The summed E-state index contributed by atoms with van der Waals surface area (Å²) >= 11 is 0. The highest BCUT2D eigenvalue weighted by molar-refractivity contribution is 7.90. The van der Waals surface area contributed by atoms with Gasteiger partial charge in [0.25, 0.3) is 10.0 Å². The largest absolute Gasteiger partial charge is 0.368 e. The van der Waals surface area contributed by atoms with Crippen LogP contribution in [0.2, 0.25) is 0 Å². The van der Waals surface area contributed by atoms with Crippen molar-refractivity contribution in [2.75, 3.05) is 5.73 Å². The molecule has 0 bridgehead atoms. The van der Waals surface area contributed by atoms with E-state index in [4.69, 9.17) is 5.73 Å². The number of hydrogen-bond donors (Lipinski definition) is 1. The quantitative estimate of drug-likeness (QED) is 0.600. The Labute approximate surface area is 148 Å². The highest BCUT2D eigenvalue weighted by Gasteiger charge is 2.23. The molecule has 0 aliphatic heterocycles. The van der Waals surface area contributed by atoms with E-state index in [1.165, 1.54) is 18.3 Å². The summed E-state index contributed by atoms with van der Waals surface area (Å²) in [5.41, 5.74) is 6.28. The molecule has 4 rings (SSSR count). The van der Waals surface area contributed by atoms with Gasteiger partial charge in [0.05, 0.1) is 16.6 Å². The molecular formula is C18H13FN4O2S. The average Bonchev–Trinajstić information content (AvgIpc) is 3.05. The molecule has 130 valence electrons. The van der Waals surface area contributed by atoms with Crippen LogP contribution < -0.4 is 5.73 Å². The smallest absolute Gasteiger partial charge is 0.268 e. The zero-order valence-corrected chi connectivity index (χ0v) is 14.2. The van der Waals surface area contributed by atoms with Crippen LogP contribution in [-0.4, -0.2) is 22.4 Å². The van der Waals surface area contributed by atoms with Crippen LogP contribution in [0.3, 0.4) is 0 Å². The molecule has 8 heteroatoms. The minimum Gasteiger partial charge on any atom is -0.368 e. The summed E-state index contributed by atoms with van der Waals surface area (Å²) in [5.74, 6) is -0.775. The Morgan fingerprint density at radius 3 is 2.46 bits per heavy atom. The van der Waals surface area contributed by atoms with E-state index in [0.29, 0.717) is 16.5 Å². The third-order valence-electron chi connectivity index (χ3n) is 4.00. The van der Waals surface area contributed by atoms with Crippen molar-refractivity contribution in [3.63, 3.8) is 0 Å². The Morgan fingerprint density at radius 2 is 1.69 bits per heavy atom. The van der Waals surface area contributed by atoms with Crippen LogP contribution >= 0.6 is 0 Å². The van der Waals surface area contributed by atoms with Gasteiger partial charge in [0.1, 0.15) is 5.69 Å². The molecule has 2 aromatic carbocycles. The third-order valence-corrected chi connectivity index (χ3v) is 5.68. The van der Waals surface area contributed by atoms with Crippen LogP contribution in [0.4, 0.5) is 10.3 Å². The average molecular weight is 368 g/mol. The molecule has 0 radical (unpaired) electrons. The standard InChI is InChI=1S/C18H13FN4O2S/c19-15-10-21-18(20)22-17(15)14-11-23(16-9-5-4-8-13(14)16)26(24,25)12-6-2-1-3-7-12/h1-11H,(H2,20,21,22). The Balaban J connectivity index is 2.04. The maximum atomic E-state index is 14.3. The van der Waals surface area contributed by atoms with E-state index in [2.05, 4.69) is 9.97 Å². The first-order valence-corrected chi connectivity index (χ1v) is 9.11. The molecule has 6 nitrogen and oxygen atoms in total. The SMILES string of the molecule is Nc1ncc(F)c(-c2cn(S(=O)(=O)c3ccccc3)c3ccccc23)n1. The maximum Gasteiger partial charge on any atom is 0.268 e. The van der Waals surface area contributed by atoms with Crippen molar-refractivity contribution < 1.29 is 12.8 Å². The van der Waals surface area contributed by atoms with E-state index in [1.807, 2.05) is 0 Å². The van der Waals surface area contributed by atoms with Crippen LogP contribution in [0.25, 0.3) is 22.2 Å². The molecule has 0 aliphatic carbocycles. The van der Waals surface area contributed by atoms with Gasteiger partial charge >= 0.3 is 0 Å². The van der Waals surface area contributed by atoms with E-state index in [1.54, 1.807) is 42.5 Å². The van der Waals surface area contributed by atoms with Crippen LogP contribution in [-0.2, 0) is 10.0 Å². The first kappa shape index (κ1) is 16.2. The molecule has 0 aliphatic rings. The van der Waals surface area contributed by atoms with Crippen molar-refractivity contribution in [3.8, 4) is 11.3 Å². The van der Waals surface area contributed by atoms with Gasteiger partial charge in [-0.2, -0.15) is 0 Å². The molecule has 2 aromatic heterocycles. The Hall–Kier alpha value is -3.26. The number of nitrogen functional groups attached to an aromatic ring is 1. The van der Waals surface area contributed by atoms with Crippen molar-refractivity contribution in [1.29, 1.82) is 0 Å². The third kappa shape index (κ3) is 2.51. The predicted octanol–water partition coefficient (Wildman–Crippen LogP) is 3.06. The lowest BCUT2D eigenvalue weighted by Gasteiger charge is -2.07. The second-order valence-electron chi connectivity index (χ2n) is 5.60. The van der Waals surface area contributed by atoms with Gasteiger partial charge in [-0.1, -0.05) is 36.4 Å². The lowest BCUT2D eigenvalue weighted by atomic mass is 10.1. The molecule has 0 amide bonds. The lowest BCUT2D eigenvalue weighted by molar-refractivity contribution is 0.589. The number of rotatable bonds is 3. The number of fused-ring (bicyclic) bond motifs is 1. The van der Waals surface area contributed by atoms with E-state index in [0.717, 1.165) is 10.2 Å². The Kier molecular flexibility index (Phi) is 3.69. The number of benzene rings is 2. The highest BCUT2D eigenvalue weighted by atomic mass is 32.2. The fourth-order valence-electron chi connectivity index (χ4n) is 2.81. The highest BCUT2D eigenvalue weighted by Crippen LogP contribution is 2.33. The molecule has 4 aromatic rings. The van der Waals surface area contributed by atoms with Crippen molar-refractivity contribution in [1.82, 2.24) is 13.9 Å².